The van der Waals surface area contributed by atoms with Crippen LogP contribution in [0.1, 0.15) is 23.3 Å². The van der Waals surface area contributed by atoms with Gasteiger partial charge < -0.3 is 20.1 Å². The van der Waals surface area contributed by atoms with Crippen molar-refractivity contribution in [1.29, 1.82) is 0 Å². The topological polar surface area (TPSA) is 91.8 Å². The monoisotopic (exact) mass is 279 g/mol. The van der Waals surface area contributed by atoms with E-state index in [0.717, 1.165) is 12.8 Å². The van der Waals surface area contributed by atoms with Gasteiger partial charge >= 0.3 is 12.0 Å². The van der Waals surface area contributed by atoms with Crippen LogP contribution in [0.2, 0.25) is 0 Å². The Hall–Kier alpha value is -2.15. The van der Waals surface area contributed by atoms with Crippen LogP contribution in [-0.2, 0) is 4.74 Å². The second-order valence-corrected chi connectivity index (χ2v) is 4.62. The zero-order chi connectivity index (χ0) is 14.5. The zero-order valence-electron chi connectivity index (χ0n) is 11.2. The molecule has 0 saturated carbocycles. The predicted molar refractivity (Wildman–Crippen MR) is 71.8 cm³/mol. The minimum absolute atomic E-state index is 0.0548. The summed E-state index contributed by atoms with van der Waals surface area (Å²) in [6.07, 6.45) is 2.97. The largest absolute Gasteiger partial charge is 0.477 e. The van der Waals surface area contributed by atoms with Gasteiger partial charge in [0.15, 0.2) is 0 Å². The Morgan fingerprint density at radius 2 is 2.10 bits per heavy atom. The number of ether oxygens (including phenoxy) is 1. The Kier molecular flexibility index (Phi) is 4.52. The summed E-state index contributed by atoms with van der Waals surface area (Å²) in [5, 5.41) is 11.4. The molecule has 2 N–H and O–H groups in total. The van der Waals surface area contributed by atoms with Crippen molar-refractivity contribution in [2.75, 3.05) is 25.6 Å². The van der Waals surface area contributed by atoms with E-state index in [-0.39, 0.29) is 17.8 Å². The Labute approximate surface area is 116 Å². The van der Waals surface area contributed by atoms with Crippen LogP contribution >= 0.6 is 0 Å². The SMILES string of the molecule is CN(C(=O)Nc1ccc(C(=O)O)nc1)C1CCOCC1. The number of urea groups is 1. The van der Waals surface area contributed by atoms with Gasteiger partial charge in [0.05, 0.1) is 11.9 Å². The standard InChI is InChI=1S/C13H17N3O4/c1-16(10-4-6-20-7-5-10)13(19)15-9-2-3-11(12(17)18)14-8-9/h2-3,8,10H,4-7H2,1H3,(H,15,19)(H,17,18). The highest BCUT2D eigenvalue weighted by atomic mass is 16.5. The molecule has 20 heavy (non-hydrogen) atoms. The molecule has 7 heteroatoms. The van der Waals surface area contributed by atoms with Crippen molar-refractivity contribution in [2.45, 2.75) is 18.9 Å². The highest BCUT2D eigenvalue weighted by molar-refractivity contribution is 5.90. The second kappa shape index (κ2) is 6.33. The van der Waals surface area contributed by atoms with Gasteiger partial charge in [0.2, 0.25) is 0 Å². The molecule has 1 aromatic heterocycles. The number of hydrogen-bond donors (Lipinski definition) is 2. The van der Waals surface area contributed by atoms with Crippen LogP contribution in [0.3, 0.4) is 0 Å². The first-order chi connectivity index (χ1) is 9.58. The molecule has 0 bridgehead atoms. The Morgan fingerprint density at radius 1 is 1.40 bits per heavy atom. The molecule has 0 radical (unpaired) electrons. The van der Waals surface area contributed by atoms with E-state index in [2.05, 4.69) is 10.3 Å². The summed E-state index contributed by atoms with van der Waals surface area (Å²) in [6.45, 7) is 1.33. The number of aromatic carboxylic acids is 1. The van der Waals surface area contributed by atoms with Crippen LogP contribution in [-0.4, -0.2) is 53.3 Å². The van der Waals surface area contributed by atoms with Gasteiger partial charge in [-0.1, -0.05) is 0 Å². The average Bonchev–Trinajstić information content (AvgIpc) is 2.48. The first-order valence-corrected chi connectivity index (χ1v) is 6.39. The lowest BCUT2D eigenvalue weighted by atomic mass is 10.1. The van der Waals surface area contributed by atoms with Gasteiger partial charge in [-0.05, 0) is 25.0 Å². The van der Waals surface area contributed by atoms with Crippen LogP contribution < -0.4 is 5.32 Å². The number of nitrogens with one attached hydrogen (secondary N) is 1. The molecule has 0 atom stereocenters. The first-order valence-electron chi connectivity index (χ1n) is 6.39. The van der Waals surface area contributed by atoms with E-state index in [1.165, 1.54) is 18.3 Å². The molecule has 0 aromatic carbocycles. The second-order valence-electron chi connectivity index (χ2n) is 4.62. The highest BCUT2D eigenvalue weighted by Gasteiger charge is 2.22. The molecule has 1 aliphatic rings. The molecular weight excluding hydrogens is 262 g/mol. The van der Waals surface area contributed by atoms with Crippen molar-refractivity contribution in [1.82, 2.24) is 9.88 Å². The van der Waals surface area contributed by atoms with Gasteiger partial charge in [0.25, 0.3) is 0 Å². The molecule has 2 amide bonds. The van der Waals surface area contributed by atoms with Crippen LogP contribution in [0.25, 0.3) is 0 Å². The Bertz CT molecular complexity index is 483. The molecular formula is C13H17N3O4. The van der Waals surface area contributed by atoms with Crippen LogP contribution in [0, 0.1) is 0 Å². The van der Waals surface area contributed by atoms with E-state index in [9.17, 15) is 9.59 Å². The maximum absolute atomic E-state index is 12.1. The third-order valence-corrected chi connectivity index (χ3v) is 3.29. The summed E-state index contributed by atoms with van der Waals surface area (Å²) >= 11 is 0. The summed E-state index contributed by atoms with van der Waals surface area (Å²) in [6, 6.07) is 2.80. The molecule has 0 unspecified atom stereocenters. The van der Waals surface area contributed by atoms with Crippen molar-refractivity contribution in [2.24, 2.45) is 0 Å². The quantitative estimate of drug-likeness (QED) is 0.873. The lowest BCUT2D eigenvalue weighted by Crippen LogP contribution is -2.42. The molecule has 2 heterocycles. The lowest BCUT2D eigenvalue weighted by molar-refractivity contribution is 0.0544. The molecule has 1 aromatic rings. The smallest absolute Gasteiger partial charge is 0.354 e. The number of nitrogens with zero attached hydrogens (tertiary/aromatic N) is 2. The fraction of sp³-hybridized carbons (Fsp3) is 0.462. The van der Waals surface area contributed by atoms with E-state index >= 15 is 0 Å². The fourth-order valence-electron chi connectivity index (χ4n) is 2.04. The third kappa shape index (κ3) is 3.45. The van der Waals surface area contributed by atoms with Gasteiger partial charge in [-0.3, -0.25) is 0 Å². The van der Waals surface area contributed by atoms with Gasteiger partial charge in [-0.25, -0.2) is 14.6 Å². The lowest BCUT2D eigenvalue weighted by Gasteiger charge is -2.31. The van der Waals surface area contributed by atoms with E-state index in [1.54, 1.807) is 11.9 Å². The molecule has 1 aliphatic heterocycles. The molecule has 1 fully saturated rings. The number of hydrogen-bond acceptors (Lipinski definition) is 4. The molecule has 1 saturated heterocycles. The van der Waals surface area contributed by atoms with Gasteiger partial charge in [-0.2, -0.15) is 0 Å². The normalized spacial score (nSPS) is 15.7. The number of rotatable bonds is 3. The summed E-state index contributed by atoms with van der Waals surface area (Å²) in [5.41, 5.74) is 0.416. The van der Waals surface area contributed by atoms with E-state index < -0.39 is 5.97 Å². The minimum atomic E-state index is -1.10. The summed E-state index contributed by atoms with van der Waals surface area (Å²) in [7, 11) is 1.74. The van der Waals surface area contributed by atoms with Crippen molar-refractivity contribution in [3.63, 3.8) is 0 Å². The number of anilines is 1. The maximum Gasteiger partial charge on any atom is 0.354 e. The number of aromatic nitrogens is 1. The Balaban J connectivity index is 1.94. The number of carboxylic acid groups (broad SMARTS) is 1. The zero-order valence-corrected chi connectivity index (χ0v) is 11.2. The number of pyridine rings is 1. The van der Waals surface area contributed by atoms with E-state index in [4.69, 9.17) is 9.84 Å². The fourth-order valence-corrected chi connectivity index (χ4v) is 2.04. The van der Waals surface area contributed by atoms with Crippen molar-refractivity contribution in [3.05, 3.63) is 24.0 Å². The number of carboxylic acids is 1. The predicted octanol–water partition coefficient (Wildman–Crippen LogP) is 1.42. The number of carbonyl (C=O) groups excluding carboxylic acids is 1. The van der Waals surface area contributed by atoms with Crippen LogP contribution in [0.5, 0.6) is 0 Å². The third-order valence-electron chi connectivity index (χ3n) is 3.29. The first kappa shape index (κ1) is 14.3. The van der Waals surface area contributed by atoms with Crippen molar-refractivity contribution >= 4 is 17.7 Å². The molecule has 7 nitrogen and oxygen atoms in total. The minimum Gasteiger partial charge on any atom is -0.477 e. The van der Waals surface area contributed by atoms with Gasteiger partial charge in [0.1, 0.15) is 5.69 Å². The van der Waals surface area contributed by atoms with Crippen LogP contribution in [0.4, 0.5) is 10.5 Å². The van der Waals surface area contributed by atoms with Gasteiger partial charge in [-0.15, -0.1) is 0 Å². The van der Waals surface area contributed by atoms with Crippen molar-refractivity contribution < 1.29 is 19.4 Å². The van der Waals surface area contributed by atoms with E-state index in [0.29, 0.717) is 18.9 Å². The number of carbonyl (C=O) groups is 2. The maximum atomic E-state index is 12.1. The summed E-state index contributed by atoms with van der Waals surface area (Å²) in [5.74, 6) is -1.10. The molecule has 0 spiro atoms. The number of amides is 2. The molecule has 0 aliphatic carbocycles. The molecule has 2 rings (SSSR count). The highest BCUT2D eigenvalue weighted by Crippen LogP contribution is 2.14. The van der Waals surface area contributed by atoms with Crippen molar-refractivity contribution in [3.8, 4) is 0 Å². The molecule has 108 valence electrons. The van der Waals surface area contributed by atoms with Crippen LogP contribution in [0.15, 0.2) is 18.3 Å². The Morgan fingerprint density at radius 3 is 2.65 bits per heavy atom. The van der Waals surface area contributed by atoms with E-state index in [1.807, 2.05) is 0 Å². The summed E-state index contributed by atoms with van der Waals surface area (Å²) < 4.78 is 5.26. The van der Waals surface area contributed by atoms with Gasteiger partial charge in [0, 0.05) is 26.3 Å². The average molecular weight is 279 g/mol. The summed E-state index contributed by atoms with van der Waals surface area (Å²) in [4.78, 5) is 28.1.